The van der Waals surface area contributed by atoms with Crippen LogP contribution < -0.4 is 15.4 Å². The van der Waals surface area contributed by atoms with Crippen LogP contribution in [-0.2, 0) is 9.53 Å². The van der Waals surface area contributed by atoms with E-state index in [0.717, 1.165) is 17.0 Å². The van der Waals surface area contributed by atoms with Crippen molar-refractivity contribution in [2.75, 3.05) is 25.2 Å². The SMILES string of the molecule is COCC(N)c1ccc2c(c1)N(CC(C)C)C(=O)C(C)O2. The van der Waals surface area contributed by atoms with Crippen molar-refractivity contribution in [1.29, 1.82) is 0 Å². The first-order chi connectivity index (χ1) is 9.93. The normalized spacial score (nSPS) is 19.4. The topological polar surface area (TPSA) is 64.8 Å². The minimum Gasteiger partial charge on any atom is -0.479 e. The number of anilines is 1. The van der Waals surface area contributed by atoms with Crippen molar-refractivity contribution in [2.24, 2.45) is 11.7 Å². The first-order valence-corrected chi connectivity index (χ1v) is 7.30. The molecule has 1 aliphatic heterocycles. The molecule has 0 bridgehead atoms. The maximum absolute atomic E-state index is 12.4. The third-order valence-electron chi connectivity index (χ3n) is 3.51. The summed E-state index contributed by atoms with van der Waals surface area (Å²) in [5, 5.41) is 0. The van der Waals surface area contributed by atoms with Crippen LogP contribution in [0.2, 0.25) is 0 Å². The zero-order chi connectivity index (χ0) is 15.6. The van der Waals surface area contributed by atoms with Crippen LogP contribution in [-0.4, -0.2) is 32.3 Å². The van der Waals surface area contributed by atoms with Crippen molar-refractivity contribution in [3.05, 3.63) is 23.8 Å². The van der Waals surface area contributed by atoms with Gasteiger partial charge in [0, 0.05) is 13.7 Å². The number of fused-ring (bicyclic) bond motifs is 1. The lowest BCUT2D eigenvalue weighted by Gasteiger charge is -2.34. The number of hydrogen-bond acceptors (Lipinski definition) is 4. The Morgan fingerprint density at radius 1 is 1.43 bits per heavy atom. The first-order valence-electron chi connectivity index (χ1n) is 7.30. The largest absolute Gasteiger partial charge is 0.479 e. The van der Waals surface area contributed by atoms with Crippen LogP contribution in [0.3, 0.4) is 0 Å². The van der Waals surface area contributed by atoms with E-state index < -0.39 is 6.10 Å². The van der Waals surface area contributed by atoms with E-state index in [1.807, 2.05) is 18.2 Å². The Bertz CT molecular complexity index is 516. The van der Waals surface area contributed by atoms with Gasteiger partial charge < -0.3 is 20.1 Å². The Labute approximate surface area is 126 Å². The molecule has 0 aliphatic carbocycles. The Morgan fingerprint density at radius 2 is 2.14 bits per heavy atom. The summed E-state index contributed by atoms with van der Waals surface area (Å²) >= 11 is 0. The van der Waals surface area contributed by atoms with E-state index in [1.54, 1.807) is 18.9 Å². The fraction of sp³-hybridized carbons (Fsp3) is 0.562. The van der Waals surface area contributed by atoms with Crippen LogP contribution in [0.1, 0.15) is 32.4 Å². The monoisotopic (exact) mass is 292 g/mol. The predicted molar refractivity (Wildman–Crippen MR) is 82.5 cm³/mol. The summed E-state index contributed by atoms with van der Waals surface area (Å²) < 4.78 is 10.8. The second-order valence-corrected chi connectivity index (χ2v) is 5.89. The standard InChI is InChI=1S/C16H24N2O3/c1-10(2)8-18-14-7-12(13(17)9-20-4)5-6-15(14)21-11(3)16(18)19/h5-7,10-11,13H,8-9,17H2,1-4H3. The third kappa shape index (κ3) is 3.36. The first kappa shape index (κ1) is 15.8. The average Bonchev–Trinajstić information content (AvgIpc) is 2.43. The lowest BCUT2D eigenvalue weighted by Crippen LogP contribution is -2.46. The number of nitrogens with two attached hydrogens (primary N) is 1. The van der Waals surface area contributed by atoms with Gasteiger partial charge in [-0.15, -0.1) is 0 Å². The molecular weight excluding hydrogens is 268 g/mol. The van der Waals surface area contributed by atoms with Gasteiger partial charge in [0.2, 0.25) is 0 Å². The maximum Gasteiger partial charge on any atom is 0.267 e. The van der Waals surface area contributed by atoms with Gasteiger partial charge in [0.25, 0.3) is 5.91 Å². The van der Waals surface area contributed by atoms with Crippen LogP contribution in [0.25, 0.3) is 0 Å². The van der Waals surface area contributed by atoms with Gasteiger partial charge in [-0.25, -0.2) is 0 Å². The van der Waals surface area contributed by atoms with E-state index >= 15 is 0 Å². The number of amides is 1. The van der Waals surface area contributed by atoms with Gasteiger partial charge in [-0.2, -0.15) is 0 Å². The van der Waals surface area contributed by atoms with Gasteiger partial charge in [-0.1, -0.05) is 19.9 Å². The highest BCUT2D eigenvalue weighted by Crippen LogP contribution is 2.36. The quantitative estimate of drug-likeness (QED) is 0.902. The van der Waals surface area contributed by atoms with Gasteiger partial charge in [-0.3, -0.25) is 4.79 Å². The molecule has 0 aromatic heterocycles. The zero-order valence-electron chi connectivity index (χ0n) is 13.1. The number of carbonyl (C=O) groups is 1. The fourth-order valence-corrected chi connectivity index (χ4v) is 2.48. The van der Waals surface area contributed by atoms with E-state index in [9.17, 15) is 4.79 Å². The maximum atomic E-state index is 12.4. The Kier molecular flexibility index (Phi) is 4.85. The van der Waals surface area contributed by atoms with E-state index in [2.05, 4.69) is 13.8 Å². The molecule has 0 spiro atoms. The predicted octanol–water partition coefficient (Wildman–Crippen LogP) is 2.10. The van der Waals surface area contributed by atoms with Gasteiger partial charge in [0.15, 0.2) is 6.10 Å². The molecule has 2 atom stereocenters. The number of methoxy groups -OCH3 is 1. The number of hydrogen-bond donors (Lipinski definition) is 1. The Hall–Kier alpha value is -1.59. The summed E-state index contributed by atoms with van der Waals surface area (Å²) in [5.74, 6) is 1.10. The van der Waals surface area contributed by atoms with Crippen LogP contribution in [0, 0.1) is 5.92 Å². The summed E-state index contributed by atoms with van der Waals surface area (Å²) in [6.07, 6.45) is -0.449. The molecule has 1 aliphatic rings. The molecule has 0 radical (unpaired) electrons. The summed E-state index contributed by atoms with van der Waals surface area (Å²) in [7, 11) is 1.62. The van der Waals surface area contributed by atoms with E-state index in [0.29, 0.717) is 19.1 Å². The van der Waals surface area contributed by atoms with Crippen molar-refractivity contribution in [2.45, 2.75) is 32.9 Å². The number of rotatable bonds is 5. The molecule has 116 valence electrons. The van der Waals surface area contributed by atoms with E-state index in [1.165, 1.54) is 0 Å². The molecule has 2 N–H and O–H groups in total. The molecule has 0 saturated carbocycles. The van der Waals surface area contributed by atoms with Crippen molar-refractivity contribution in [3.8, 4) is 5.75 Å². The van der Waals surface area contributed by atoms with Gasteiger partial charge in [-0.05, 0) is 30.5 Å². The summed E-state index contributed by atoms with van der Waals surface area (Å²) in [5.41, 5.74) is 7.82. The van der Waals surface area contributed by atoms with Gasteiger partial charge >= 0.3 is 0 Å². The lowest BCUT2D eigenvalue weighted by molar-refractivity contribution is -0.125. The molecule has 1 amide bonds. The third-order valence-corrected chi connectivity index (χ3v) is 3.51. The fourth-order valence-electron chi connectivity index (χ4n) is 2.48. The smallest absolute Gasteiger partial charge is 0.267 e. The van der Waals surface area contributed by atoms with Crippen molar-refractivity contribution in [1.82, 2.24) is 0 Å². The van der Waals surface area contributed by atoms with Crippen molar-refractivity contribution >= 4 is 11.6 Å². The molecule has 1 aromatic rings. The highest BCUT2D eigenvalue weighted by molar-refractivity contribution is 5.99. The minimum absolute atomic E-state index is 0.00587. The van der Waals surface area contributed by atoms with Crippen molar-refractivity contribution in [3.63, 3.8) is 0 Å². The average molecular weight is 292 g/mol. The van der Waals surface area contributed by atoms with Gasteiger partial charge in [0.1, 0.15) is 5.75 Å². The molecule has 0 saturated heterocycles. The number of nitrogens with zero attached hydrogens (tertiary/aromatic N) is 1. The number of ether oxygens (including phenoxy) is 2. The minimum atomic E-state index is -0.449. The lowest BCUT2D eigenvalue weighted by atomic mass is 10.0. The van der Waals surface area contributed by atoms with E-state index in [-0.39, 0.29) is 11.9 Å². The molecule has 1 aromatic carbocycles. The number of benzene rings is 1. The molecule has 1 heterocycles. The highest BCUT2D eigenvalue weighted by Gasteiger charge is 2.32. The second kappa shape index (κ2) is 6.45. The molecule has 2 unspecified atom stereocenters. The molecule has 5 heteroatoms. The second-order valence-electron chi connectivity index (χ2n) is 5.89. The summed E-state index contributed by atoms with van der Waals surface area (Å²) in [6, 6.07) is 5.54. The molecular formula is C16H24N2O3. The van der Waals surface area contributed by atoms with Crippen LogP contribution in [0.5, 0.6) is 5.75 Å². The molecule has 0 fully saturated rings. The van der Waals surface area contributed by atoms with Crippen molar-refractivity contribution < 1.29 is 14.3 Å². The van der Waals surface area contributed by atoms with Crippen LogP contribution >= 0.6 is 0 Å². The molecule has 2 rings (SSSR count). The summed E-state index contributed by atoms with van der Waals surface area (Å²) in [4.78, 5) is 14.2. The Balaban J connectivity index is 2.38. The number of carbonyl (C=O) groups excluding carboxylic acids is 1. The van der Waals surface area contributed by atoms with Crippen LogP contribution in [0.15, 0.2) is 18.2 Å². The van der Waals surface area contributed by atoms with Crippen LogP contribution in [0.4, 0.5) is 5.69 Å². The Morgan fingerprint density at radius 3 is 2.76 bits per heavy atom. The van der Waals surface area contributed by atoms with E-state index in [4.69, 9.17) is 15.2 Å². The molecule has 5 nitrogen and oxygen atoms in total. The molecule has 21 heavy (non-hydrogen) atoms. The highest BCUT2D eigenvalue weighted by atomic mass is 16.5. The zero-order valence-corrected chi connectivity index (χ0v) is 13.1. The summed E-state index contributed by atoms with van der Waals surface area (Å²) in [6.45, 7) is 7.07. The van der Waals surface area contributed by atoms with Gasteiger partial charge in [0.05, 0.1) is 18.3 Å².